The zero-order chi connectivity index (χ0) is 22.1. The Morgan fingerprint density at radius 2 is 1.76 bits per heavy atom. The molecule has 1 heterocycles. The van der Waals surface area contributed by atoms with Crippen molar-refractivity contribution in [2.45, 2.75) is 52.5 Å². The maximum atomic E-state index is 10.0. The van der Waals surface area contributed by atoms with E-state index in [0.717, 1.165) is 12.8 Å². The highest BCUT2D eigenvalue weighted by atomic mass is 32.1. The number of carbonyl (C=O) groups excluding carboxylic acids is 2. The fraction of sp³-hybridized carbons (Fsp3) is 0.500. The summed E-state index contributed by atoms with van der Waals surface area (Å²) in [5, 5.41) is 3.18. The Hall–Kier alpha value is -2.09. The number of unbranched alkanes of at least 4 members (excludes halogenated alkanes) is 2. The molecule has 0 aliphatic carbocycles. The molecule has 7 heteroatoms. The number of carbonyl (C=O) groups is 2. The summed E-state index contributed by atoms with van der Waals surface area (Å²) in [6.07, 6.45) is 8.00. The van der Waals surface area contributed by atoms with Crippen LogP contribution >= 0.6 is 11.3 Å². The number of aldehydes is 1. The Morgan fingerprint density at radius 1 is 1.14 bits per heavy atom. The number of primary amides is 1. The van der Waals surface area contributed by atoms with E-state index >= 15 is 0 Å². The molecule has 0 saturated heterocycles. The van der Waals surface area contributed by atoms with Gasteiger partial charge in [0.15, 0.2) is 0 Å². The summed E-state index contributed by atoms with van der Waals surface area (Å²) in [7, 11) is 2.01. The smallest absolute Gasteiger partial charge is 0.204 e. The van der Waals surface area contributed by atoms with Crippen LogP contribution in [0.5, 0.6) is 0 Å². The van der Waals surface area contributed by atoms with Crippen LogP contribution in [-0.2, 0) is 16.0 Å². The van der Waals surface area contributed by atoms with E-state index in [1.165, 1.54) is 41.7 Å². The molecule has 5 N–H and O–H groups in total. The monoisotopic (exact) mass is 420 g/mol. The van der Waals surface area contributed by atoms with E-state index in [-0.39, 0.29) is 17.9 Å². The Balaban J connectivity index is 0.000000599. The summed E-state index contributed by atoms with van der Waals surface area (Å²) >= 11 is 1.69. The predicted octanol–water partition coefficient (Wildman–Crippen LogP) is 3.40. The number of rotatable bonds is 8. The summed E-state index contributed by atoms with van der Waals surface area (Å²) in [6.45, 7) is 6.94. The maximum Gasteiger partial charge on any atom is 0.204 e. The lowest BCUT2D eigenvalue weighted by Crippen LogP contribution is -2.36. The van der Waals surface area contributed by atoms with Gasteiger partial charge in [-0.15, -0.1) is 11.3 Å². The zero-order valence-corrected chi connectivity index (χ0v) is 18.9. The normalized spacial score (nSPS) is 11.3. The first-order valence-electron chi connectivity index (χ1n) is 9.78. The second-order valence-corrected chi connectivity index (χ2v) is 8.53. The lowest BCUT2D eigenvalue weighted by molar-refractivity contribution is -0.110. The topological polar surface area (TPSA) is 111 Å². The number of amides is 1. The quantitative estimate of drug-likeness (QED) is 0.448. The third-order valence-electron chi connectivity index (χ3n) is 4.21. The van der Waals surface area contributed by atoms with Gasteiger partial charge in [0, 0.05) is 6.20 Å². The fourth-order valence-electron chi connectivity index (χ4n) is 2.21. The van der Waals surface area contributed by atoms with Gasteiger partial charge in [-0.05, 0) is 49.4 Å². The number of aryl methyl sites for hydroxylation is 1. The highest BCUT2D eigenvalue weighted by Gasteiger charge is 2.18. The summed E-state index contributed by atoms with van der Waals surface area (Å²) < 4.78 is 0. The lowest BCUT2D eigenvalue weighted by atomic mass is 9.89. The van der Waals surface area contributed by atoms with Gasteiger partial charge in [0.2, 0.25) is 6.41 Å². The van der Waals surface area contributed by atoms with Crippen molar-refractivity contribution in [1.82, 2.24) is 10.3 Å². The second-order valence-electron chi connectivity index (χ2n) is 7.64. The SMILES string of the molecule is CC(C)(C)C(N)C=O.CNCCCCCc1ccc(-c2cncs2)cc1.NC=O. The van der Waals surface area contributed by atoms with Crippen molar-refractivity contribution in [3.8, 4) is 10.4 Å². The van der Waals surface area contributed by atoms with Crippen molar-refractivity contribution in [3.05, 3.63) is 41.5 Å². The highest BCUT2D eigenvalue weighted by molar-refractivity contribution is 7.13. The van der Waals surface area contributed by atoms with E-state index in [9.17, 15) is 4.79 Å². The zero-order valence-electron chi connectivity index (χ0n) is 18.1. The molecule has 29 heavy (non-hydrogen) atoms. The highest BCUT2D eigenvalue weighted by Crippen LogP contribution is 2.23. The van der Waals surface area contributed by atoms with E-state index < -0.39 is 0 Å². The lowest BCUT2D eigenvalue weighted by Gasteiger charge is -2.20. The minimum Gasteiger partial charge on any atom is -0.372 e. The van der Waals surface area contributed by atoms with Crippen LogP contribution in [0.15, 0.2) is 36.0 Å². The molecule has 0 spiro atoms. The Bertz CT molecular complexity index is 652. The van der Waals surface area contributed by atoms with Gasteiger partial charge in [-0.1, -0.05) is 51.5 Å². The summed E-state index contributed by atoms with van der Waals surface area (Å²) in [4.78, 5) is 24.0. The van der Waals surface area contributed by atoms with Crippen LogP contribution in [0.3, 0.4) is 0 Å². The molecule has 0 aliphatic heterocycles. The number of hydrogen-bond donors (Lipinski definition) is 3. The molecule has 2 rings (SSSR count). The van der Waals surface area contributed by atoms with Crippen molar-refractivity contribution in [1.29, 1.82) is 0 Å². The number of nitrogens with two attached hydrogens (primary N) is 2. The van der Waals surface area contributed by atoms with Gasteiger partial charge in [-0.2, -0.15) is 0 Å². The van der Waals surface area contributed by atoms with Crippen LogP contribution < -0.4 is 16.8 Å². The molecule has 1 aromatic carbocycles. The molecule has 162 valence electrons. The first-order valence-corrected chi connectivity index (χ1v) is 10.7. The van der Waals surface area contributed by atoms with Crippen molar-refractivity contribution < 1.29 is 9.59 Å². The molecule has 1 atom stereocenters. The number of thiazole rings is 1. The van der Waals surface area contributed by atoms with Crippen LogP contribution in [0.4, 0.5) is 0 Å². The van der Waals surface area contributed by atoms with Crippen LogP contribution in [-0.4, -0.2) is 37.3 Å². The summed E-state index contributed by atoms with van der Waals surface area (Å²) in [5.74, 6) is 0. The van der Waals surface area contributed by atoms with Gasteiger partial charge in [-0.25, -0.2) is 0 Å². The largest absolute Gasteiger partial charge is 0.372 e. The molecular formula is C22H36N4O2S. The Labute approximate surface area is 179 Å². The third kappa shape index (κ3) is 12.9. The number of benzene rings is 1. The standard InChI is InChI=1S/C15H20N2S.C6H13NO.CH3NO/c1-16-10-4-2-3-5-13-6-8-14(9-7-13)15-11-17-12-18-15;1-6(2,3)5(7)4-8;2-1-3/h6-9,11-12,16H,2-5,10H2,1H3;4-5H,7H2,1-3H3;1H,(H2,2,3). The number of nitrogens with zero attached hydrogens (tertiary/aromatic N) is 1. The molecule has 0 radical (unpaired) electrons. The third-order valence-corrected chi connectivity index (χ3v) is 5.03. The molecule has 2 aromatic rings. The van der Waals surface area contributed by atoms with Crippen molar-refractivity contribution in [3.63, 3.8) is 0 Å². The number of aromatic nitrogens is 1. The molecule has 6 nitrogen and oxygen atoms in total. The molecule has 0 bridgehead atoms. The molecule has 0 fully saturated rings. The average Bonchev–Trinajstić information content (AvgIpc) is 3.23. The summed E-state index contributed by atoms with van der Waals surface area (Å²) in [6, 6.07) is 8.56. The first-order chi connectivity index (χ1) is 13.8. The first kappa shape index (κ1) is 26.9. The molecular weight excluding hydrogens is 384 g/mol. The van der Waals surface area contributed by atoms with Crippen molar-refractivity contribution in [2.24, 2.45) is 16.9 Å². The van der Waals surface area contributed by atoms with Crippen LogP contribution in [0.2, 0.25) is 0 Å². The van der Waals surface area contributed by atoms with E-state index in [4.69, 9.17) is 10.5 Å². The van der Waals surface area contributed by atoms with Crippen LogP contribution in [0.1, 0.15) is 45.6 Å². The van der Waals surface area contributed by atoms with Gasteiger partial charge in [0.05, 0.1) is 16.4 Å². The van der Waals surface area contributed by atoms with E-state index in [2.05, 4.69) is 40.3 Å². The van der Waals surface area contributed by atoms with E-state index in [1.807, 2.05) is 39.5 Å². The predicted molar refractivity (Wildman–Crippen MR) is 123 cm³/mol. The fourth-order valence-corrected chi connectivity index (χ4v) is 2.83. The second kappa shape index (κ2) is 15.8. The van der Waals surface area contributed by atoms with E-state index in [1.54, 1.807) is 11.3 Å². The number of hydrogen-bond acceptors (Lipinski definition) is 6. The Kier molecular flexibility index (Phi) is 14.7. The molecule has 1 unspecified atom stereocenters. The van der Waals surface area contributed by atoms with E-state index in [0.29, 0.717) is 0 Å². The minimum atomic E-state index is -0.331. The molecule has 0 saturated carbocycles. The minimum absolute atomic E-state index is 0.0816. The van der Waals surface area contributed by atoms with Gasteiger partial charge < -0.3 is 21.6 Å². The van der Waals surface area contributed by atoms with Crippen molar-refractivity contribution >= 4 is 24.0 Å². The molecule has 1 aromatic heterocycles. The average molecular weight is 421 g/mol. The Morgan fingerprint density at radius 3 is 2.17 bits per heavy atom. The van der Waals surface area contributed by atoms with Crippen molar-refractivity contribution in [2.75, 3.05) is 13.6 Å². The van der Waals surface area contributed by atoms with Gasteiger partial charge in [0.1, 0.15) is 6.29 Å². The molecule has 0 aliphatic rings. The maximum absolute atomic E-state index is 10.0. The summed E-state index contributed by atoms with van der Waals surface area (Å²) in [5.41, 5.74) is 14.1. The van der Waals surface area contributed by atoms with Gasteiger partial charge >= 0.3 is 0 Å². The van der Waals surface area contributed by atoms with Crippen LogP contribution in [0.25, 0.3) is 10.4 Å². The van der Waals surface area contributed by atoms with Gasteiger partial charge in [0.25, 0.3) is 0 Å². The van der Waals surface area contributed by atoms with Gasteiger partial charge in [-0.3, -0.25) is 9.78 Å². The van der Waals surface area contributed by atoms with Crippen LogP contribution in [0, 0.1) is 5.41 Å². The number of nitrogens with one attached hydrogen (secondary N) is 1. The molecule has 1 amide bonds.